The number of carboxylic acids is 1. The Morgan fingerprint density at radius 2 is 2.00 bits per heavy atom. The fourth-order valence-corrected chi connectivity index (χ4v) is 1.71. The van der Waals surface area contributed by atoms with Crippen LogP contribution in [0.5, 0.6) is 0 Å². The molecule has 0 saturated heterocycles. The van der Waals surface area contributed by atoms with Gasteiger partial charge in [0.15, 0.2) is 0 Å². The average molecular weight is 264 g/mol. The predicted molar refractivity (Wildman–Crippen MR) is 74.3 cm³/mol. The number of urea groups is 1. The third-order valence-electron chi connectivity index (χ3n) is 2.79. The quantitative estimate of drug-likeness (QED) is 0.829. The van der Waals surface area contributed by atoms with Gasteiger partial charge in [-0.3, -0.25) is 4.79 Å². The number of carbonyl (C=O) groups excluding carboxylic acids is 1. The fourth-order valence-electron chi connectivity index (χ4n) is 1.71. The van der Waals surface area contributed by atoms with Gasteiger partial charge in [-0.2, -0.15) is 0 Å². The van der Waals surface area contributed by atoms with E-state index in [0.717, 1.165) is 24.1 Å². The highest BCUT2D eigenvalue weighted by Gasteiger charge is 2.11. The molecule has 0 fully saturated rings. The van der Waals surface area contributed by atoms with Gasteiger partial charge in [0.25, 0.3) is 0 Å². The van der Waals surface area contributed by atoms with E-state index >= 15 is 0 Å². The standard InChI is InChI=1S/C14H20N2O3/c1-3-6-11-7-4-5-8-12(11)15-14(19)16(2)10-9-13(17)18/h4-5,7-8H,3,6,9-10H2,1-2H3,(H,15,19)(H,17,18). The first-order chi connectivity index (χ1) is 9.04. The van der Waals surface area contributed by atoms with Gasteiger partial charge in [0.1, 0.15) is 0 Å². The van der Waals surface area contributed by atoms with Crippen LogP contribution < -0.4 is 5.32 Å². The maximum atomic E-state index is 11.9. The summed E-state index contributed by atoms with van der Waals surface area (Å²) in [5, 5.41) is 11.4. The lowest BCUT2D eigenvalue weighted by atomic mass is 10.1. The van der Waals surface area contributed by atoms with E-state index in [2.05, 4.69) is 12.2 Å². The molecule has 1 rings (SSSR count). The zero-order valence-corrected chi connectivity index (χ0v) is 11.3. The van der Waals surface area contributed by atoms with Crippen LogP contribution in [0, 0.1) is 0 Å². The van der Waals surface area contributed by atoms with Gasteiger partial charge in [0.2, 0.25) is 0 Å². The molecule has 0 aliphatic heterocycles. The van der Waals surface area contributed by atoms with E-state index in [4.69, 9.17) is 5.11 Å². The van der Waals surface area contributed by atoms with Crippen LogP contribution in [0.25, 0.3) is 0 Å². The monoisotopic (exact) mass is 264 g/mol. The summed E-state index contributed by atoms with van der Waals surface area (Å²) in [6, 6.07) is 7.36. The van der Waals surface area contributed by atoms with Gasteiger partial charge >= 0.3 is 12.0 Å². The second-order valence-corrected chi connectivity index (χ2v) is 4.40. The molecule has 0 atom stereocenters. The first-order valence-electron chi connectivity index (χ1n) is 6.36. The topological polar surface area (TPSA) is 69.6 Å². The number of hydrogen-bond acceptors (Lipinski definition) is 2. The number of carbonyl (C=O) groups is 2. The van der Waals surface area contributed by atoms with Crippen molar-refractivity contribution in [1.29, 1.82) is 0 Å². The van der Waals surface area contributed by atoms with E-state index < -0.39 is 5.97 Å². The lowest BCUT2D eigenvalue weighted by Crippen LogP contribution is -2.33. The van der Waals surface area contributed by atoms with Crippen LogP contribution >= 0.6 is 0 Å². The number of hydrogen-bond donors (Lipinski definition) is 2. The van der Waals surface area contributed by atoms with Crippen LogP contribution in [-0.2, 0) is 11.2 Å². The lowest BCUT2D eigenvalue weighted by Gasteiger charge is -2.18. The molecule has 0 aliphatic carbocycles. The van der Waals surface area contributed by atoms with Gasteiger partial charge < -0.3 is 15.3 Å². The Hall–Kier alpha value is -2.04. The summed E-state index contributed by atoms with van der Waals surface area (Å²) < 4.78 is 0. The summed E-state index contributed by atoms with van der Waals surface area (Å²) in [6.07, 6.45) is 1.84. The number of nitrogens with zero attached hydrogens (tertiary/aromatic N) is 1. The third-order valence-corrected chi connectivity index (χ3v) is 2.79. The van der Waals surface area contributed by atoms with Crippen molar-refractivity contribution in [2.24, 2.45) is 0 Å². The maximum Gasteiger partial charge on any atom is 0.321 e. The lowest BCUT2D eigenvalue weighted by molar-refractivity contribution is -0.137. The van der Waals surface area contributed by atoms with Crippen molar-refractivity contribution in [1.82, 2.24) is 4.90 Å². The number of carboxylic acid groups (broad SMARTS) is 1. The molecule has 5 nitrogen and oxygen atoms in total. The van der Waals surface area contributed by atoms with Crippen molar-refractivity contribution >= 4 is 17.7 Å². The van der Waals surface area contributed by atoms with Crippen LogP contribution in [0.4, 0.5) is 10.5 Å². The summed E-state index contributed by atoms with van der Waals surface area (Å²) in [6.45, 7) is 2.27. The molecule has 19 heavy (non-hydrogen) atoms. The molecule has 0 heterocycles. The molecule has 0 radical (unpaired) electrons. The molecule has 104 valence electrons. The first-order valence-corrected chi connectivity index (χ1v) is 6.36. The molecule has 1 aromatic rings. The van der Waals surface area contributed by atoms with Crippen molar-refractivity contribution in [2.75, 3.05) is 18.9 Å². The summed E-state index contributed by atoms with van der Waals surface area (Å²) in [5.41, 5.74) is 1.88. The first kappa shape index (κ1) is 15.0. The summed E-state index contributed by atoms with van der Waals surface area (Å²) in [5.74, 6) is -0.911. The number of anilines is 1. The van der Waals surface area contributed by atoms with E-state index in [1.165, 1.54) is 4.90 Å². The van der Waals surface area contributed by atoms with Gasteiger partial charge in [-0.1, -0.05) is 31.5 Å². The largest absolute Gasteiger partial charge is 0.481 e. The molecule has 0 spiro atoms. The molecule has 0 unspecified atom stereocenters. The fraction of sp³-hybridized carbons (Fsp3) is 0.429. The molecule has 2 N–H and O–H groups in total. The second-order valence-electron chi connectivity index (χ2n) is 4.40. The van der Waals surface area contributed by atoms with Crippen molar-refractivity contribution in [3.05, 3.63) is 29.8 Å². The van der Waals surface area contributed by atoms with Crippen molar-refractivity contribution in [3.63, 3.8) is 0 Å². The molecule has 2 amide bonds. The molecule has 1 aromatic carbocycles. The minimum atomic E-state index is -0.911. The Labute approximate surface area is 113 Å². The van der Waals surface area contributed by atoms with E-state index in [1.54, 1.807) is 7.05 Å². The van der Waals surface area contributed by atoms with Gasteiger partial charge in [-0.25, -0.2) is 4.79 Å². The average Bonchev–Trinajstić information content (AvgIpc) is 2.38. The normalized spacial score (nSPS) is 10.0. The molecule has 5 heteroatoms. The Morgan fingerprint density at radius 3 is 2.63 bits per heavy atom. The molecular formula is C14H20N2O3. The van der Waals surface area contributed by atoms with Gasteiger partial charge in [-0.15, -0.1) is 0 Å². The highest BCUT2D eigenvalue weighted by molar-refractivity contribution is 5.90. The number of aliphatic carboxylic acids is 1. The van der Waals surface area contributed by atoms with E-state index in [-0.39, 0.29) is 19.0 Å². The van der Waals surface area contributed by atoms with Gasteiger partial charge in [0, 0.05) is 19.3 Å². The molecule has 0 aromatic heterocycles. The second kappa shape index (κ2) is 7.41. The van der Waals surface area contributed by atoms with Crippen LogP contribution in [0.15, 0.2) is 24.3 Å². The highest BCUT2D eigenvalue weighted by Crippen LogP contribution is 2.17. The zero-order chi connectivity index (χ0) is 14.3. The van der Waals surface area contributed by atoms with Gasteiger partial charge in [0.05, 0.1) is 6.42 Å². The molecule has 0 saturated carbocycles. The molecule has 0 aliphatic rings. The van der Waals surface area contributed by atoms with Crippen molar-refractivity contribution < 1.29 is 14.7 Å². The summed E-state index contributed by atoms with van der Waals surface area (Å²) in [4.78, 5) is 23.7. The summed E-state index contributed by atoms with van der Waals surface area (Å²) in [7, 11) is 1.58. The van der Waals surface area contributed by atoms with Crippen molar-refractivity contribution in [3.8, 4) is 0 Å². The van der Waals surface area contributed by atoms with E-state index in [1.807, 2.05) is 24.3 Å². The van der Waals surface area contributed by atoms with E-state index in [0.29, 0.717) is 0 Å². The number of aryl methyl sites for hydroxylation is 1. The zero-order valence-electron chi connectivity index (χ0n) is 11.3. The number of rotatable bonds is 6. The number of nitrogens with one attached hydrogen (secondary N) is 1. The predicted octanol–water partition coefficient (Wildman–Crippen LogP) is 2.58. The summed E-state index contributed by atoms with van der Waals surface area (Å²) >= 11 is 0. The van der Waals surface area contributed by atoms with Gasteiger partial charge in [-0.05, 0) is 18.1 Å². The molecule has 0 bridgehead atoms. The minimum Gasteiger partial charge on any atom is -0.481 e. The Bertz CT molecular complexity index is 446. The minimum absolute atomic E-state index is 0.0550. The Kier molecular flexibility index (Phi) is 5.85. The smallest absolute Gasteiger partial charge is 0.321 e. The van der Waals surface area contributed by atoms with Crippen LogP contribution in [0.3, 0.4) is 0 Å². The molecular weight excluding hydrogens is 244 g/mol. The Balaban J connectivity index is 2.63. The highest BCUT2D eigenvalue weighted by atomic mass is 16.4. The number of amides is 2. The SMILES string of the molecule is CCCc1ccccc1NC(=O)N(C)CCC(=O)O. The van der Waals surface area contributed by atoms with Crippen LogP contribution in [-0.4, -0.2) is 35.6 Å². The van der Waals surface area contributed by atoms with Crippen LogP contribution in [0.1, 0.15) is 25.3 Å². The third kappa shape index (κ3) is 4.99. The number of benzene rings is 1. The Morgan fingerprint density at radius 1 is 1.32 bits per heavy atom. The number of para-hydroxylation sites is 1. The van der Waals surface area contributed by atoms with E-state index in [9.17, 15) is 9.59 Å². The van der Waals surface area contributed by atoms with Crippen molar-refractivity contribution in [2.45, 2.75) is 26.2 Å². The van der Waals surface area contributed by atoms with Crippen LogP contribution in [0.2, 0.25) is 0 Å². The maximum absolute atomic E-state index is 11.9.